The molecule has 1 amide bonds. The Morgan fingerprint density at radius 2 is 1.94 bits per heavy atom. The quantitative estimate of drug-likeness (QED) is 0.563. The van der Waals surface area contributed by atoms with Gasteiger partial charge >= 0.3 is 0 Å². The highest BCUT2D eigenvalue weighted by Crippen LogP contribution is 2.24. The first kappa shape index (κ1) is 21.9. The molecule has 31 heavy (non-hydrogen) atoms. The van der Waals surface area contributed by atoms with Gasteiger partial charge in [-0.05, 0) is 56.1 Å². The molecule has 0 aliphatic heterocycles. The van der Waals surface area contributed by atoms with Gasteiger partial charge in [0.15, 0.2) is 5.16 Å². The maximum atomic E-state index is 13.1. The number of hydrogen-bond donors (Lipinski definition) is 1. The van der Waals surface area contributed by atoms with Gasteiger partial charge in [-0.15, -0.1) is 10.2 Å². The Hall–Kier alpha value is -2.35. The van der Waals surface area contributed by atoms with E-state index in [1.54, 1.807) is 4.57 Å². The van der Waals surface area contributed by atoms with Crippen molar-refractivity contribution in [2.75, 3.05) is 5.75 Å². The van der Waals surface area contributed by atoms with E-state index in [0.717, 1.165) is 30.7 Å². The lowest BCUT2D eigenvalue weighted by Gasteiger charge is -2.26. The van der Waals surface area contributed by atoms with Gasteiger partial charge in [0.05, 0.1) is 16.7 Å². The first-order valence-corrected chi connectivity index (χ1v) is 12.2. The van der Waals surface area contributed by atoms with Crippen LogP contribution in [-0.2, 0) is 11.3 Å². The molecular formula is C23H31N5O2S. The van der Waals surface area contributed by atoms with Crippen LogP contribution in [0.25, 0.3) is 16.7 Å². The molecule has 1 saturated carbocycles. The summed E-state index contributed by atoms with van der Waals surface area (Å²) in [6.07, 6.45) is 5.33. The summed E-state index contributed by atoms with van der Waals surface area (Å²) in [5.74, 6) is 2.08. The van der Waals surface area contributed by atoms with E-state index >= 15 is 0 Å². The Bertz CT molecular complexity index is 1130. The summed E-state index contributed by atoms with van der Waals surface area (Å²) in [6.45, 7) is 7.14. The molecular weight excluding hydrogens is 410 g/mol. The number of para-hydroxylation sites is 1. The number of nitrogens with zero attached hydrogens (tertiary/aromatic N) is 4. The van der Waals surface area contributed by atoms with Gasteiger partial charge in [0.2, 0.25) is 11.7 Å². The van der Waals surface area contributed by atoms with Crippen molar-refractivity contribution in [2.45, 2.75) is 70.6 Å². The maximum Gasteiger partial charge on any atom is 0.262 e. The smallest absolute Gasteiger partial charge is 0.262 e. The highest BCUT2D eigenvalue weighted by molar-refractivity contribution is 7.99. The predicted molar refractivity (Wildman–Crippen MR) is 124 cm³/mol. The van der Waals surface area contributed by atoms with E-state index in [-0.39, 0.29) is 23.3 Å². The predicted octanol–water partition coefficient (Wildman–Crippen LogP) is 3.88. The van der Waals surface area contributed by atoms with Gasteiger partial charge in [0.1, 0.15) is 0 Å². The Kier molecular flexibility index (Phi) is 6.65. The van der Waals surface area contributed by atoms with Gasteiger partial charge in [-0.3, -0.25) is 18.6 Å². The van der Waals surface area contributed by atoms with Crippen molar-refractivity contribution in [3.8, 4) is 0 Å². The van der Waals surface area contributed by atoms with Crippen molar-refractivity contribution in [3.63, 3.8) is 0 Å². The third kappa shape index (κ3) is 4.79. The summed E-state index contributed by atoms with van der Waals surface area (Å²) in [5, 5.41) is 13.1. The largest absolute Gasteiger partial charge is 0.353 e. The van der Waals surface area contributed by atoms with Crippen molar-refractivity contribution in [1.82, 2.24) is 24.5 Å². The molecule has 166 valence electrons. The van der Waals surface area contributed by atoms with E-state index in [1.165, 1.54) is 24.6 Å². The fourth-order valence-electron chi connectivity index (χ4n) is 4.22. The van der Waals surface area contributed by atoms with Crippen LogP contribution in [0.15, 0.2) is 34.2 Å². The first-order valence-electron chi connectivity index (χ1n) is 11.2. The van der Waals surface area contributed by atoms with Gasteiger partial charge in [-0.25, -0.2) is 0 Å². The van der Waals surface area contributed by atoms with Crippen molar-refractivity contribution in [2.24, 2.45) is 11.8 Å². The van der Waals surface area contributed by atoms with E-state index in [1.807, 2.05) is 28.7 Å². The van der Waals surface area contributed by atoms with Crippen LogP contribution in [0.4, 0.5) is 0 Å². The molecule has 0 bridgehead atoms. The van der Waals surface area contributed by atoms with Crippen LogP contribution < -0.4 is 10.9 Å². The summed E-state index contributed by atoms with van der Waals surface area (Å²) in [6, 6.07) is 7.81. The second-order valence-corrected chi connectivity index (χ2v) is 10.0. The average Bonchev–Trinajstić information content (AvgIpc) is 3.17. The molecule has 0 radical (unpaired) electrons. The Labute approximate surface area is 186 Å². The fourth-order valence-corrected chi connectivity index (χ4v) is 4.97. The van der Waals surface area contributed by atoms with Gasteiger partial charge in [0, 0.05) is 12.6 Å². The summed E-state index contributed by atoms with van der Waals surface area (Å²) in [4.78, 5) is 25.6. The zero-order chi connectivity index (χ0) is 22.0. The summed E-state index contributed by atoms with van der Waals surface area (Å²) in [7, 11) is 0. The number of aryl methyl sites for hydroxylation is 1. The minimum absolute atomic E-state index is 0.0266. The van der Waals surface area contributed by atoms with Crippen molar-refractivity contribution in [3.05, 3.63) is 34.6 Å². The molecule has 2 heterocycles. The molecule has 8 heteroatoms. The van der Waals surface area contributed by atoms with Crippen LogP contribution in [0.1, 0.15) is 52.9 Å². The number of thioether (sulfide) groups is 1. The SMILES string of the molecule is CC(C)CCn1c(=O)c2ccccc2n2c(SCC(=O)NC3CCC(C)CC3)nnc12. The molecule has 1 aromatic carbocycles. The van der Waals surface area contributed by atoms with Crippen LogP contribution in [0.3, 0.4) is 0 Å². The number of benzene rings is 1. The molecule has 0 atom stereocenters. The lowest BCUT2D eigenvalue weighted by molar-refractivity contribution is -0.119. The van der Waals surface area contributed by atoms with Gasteiger partial charge < -0.3 is 5.32 Å². The van der Waals surface area contributed by atoms with Crippen LogP contribution in [-0.4, -0.2) is 36.9 Å². The zero-order valence-corrected chi connectivity index (χ0v) is 19.3. The molecule has 2 aromatic heterocycles. The molecule has 4 rings (SSSR count). The van der Waals surface area contributed by atoms with E-state index < -0.39 is 0 Å². The minimum Gasteiger partial charge on any atom is -0.353 e. The maximum absolute atomic E-state index is 13.1. The fraction of sp³-hybridized carbons (Fsp3) is 0.565. The topological polar surface area (TPSA) is 81.3 Å². The Balaban J connectivity index is 1.58. The molecule has 7 nitrogen and oxygen atoms in total. The molecule has 0 saturated heterocycles. The van der Waals surface area contributed by atoms with E-state index in [9.17, 15) is 9.59 Å². The number of carbonyl (C=O) groups excluding carboxylic acids is 1. The number of amides is 1. The van der Waals surface area contributed by atoms with Gasteiger partial charge in [-0.2, -0.15) is 0 Å². The standard InChI is InChI=1S/C23H31N5O2S/c1-15(2)12-13-27-21(30)18-6-4-5-7-19(18)28-22(27)25-26-23(28)31-14-20(29)24-17-10-8-16(3)9-11-17/h4-7,15-17H,8-14H2,1-3H3,(H,24,29). The molecule has 1 fully saturated rings. The molecule has 1 N–H and O–H groups in total. The third-order valence-electron chi connectivity index (χ3n) is 6.12. The average molecular weight is 442 g/mol. The molecule has 0 unspecified atom stereocenters. The van der Waals surface area contributed by atoms with E-state index in [2.05, 4.69) is 36.3 Å². The van der Waals surface area contributed by atoms with Crippen LogP contribution >= 0.6 is 11.8 Å². The summed E-state index contributed by atoms with van der Waals surface area (Å²) >= 11 is 1.37. The Morgan fingerprint density at radius 1 is 1.19 bits per heavy atom. The normalized spacial score (nSPS) is 19.4. The molecule has 1 aliphatic rings. The molecule has 0 spiro atoms. The Morgan fingerprint density at radius 3 is 2.68 bits per heavy atom. The lowest BCUT2D eigenvalue weighted by Crippen LogP contribution is -2.38. The number of fused-ring (bicyclic) bond motifs is 3. The van der Waals surface area contributed by atoms with Crippen LogP contribution in [0.2, 0.25) is 0 Å². The minimum atomic E-state index is -0.0445. The molecule has 1 aliphatic carbocycles. The highest BCUT2D eigenvalue weighted by atomic mass is 32.2. The van der Waals surface area contributed by atoms with Crippen LogP contribution in [0, 0.1) is 11.8 Å². The summed E-state index contributed by atoms with van der Waals surface area (Å²) < 4.78 is 3.62. The van der Waals surface area contributed by atoms with Crippen molar-refractivity contribution < 1.29 is 4.79 Å². The summed E-state index contributed by atoms with van der Waals surface area (Å²) in [5.41, 5.74) is 0.731. The lowest BCUT2D eigenvalue weighted by atomic mass is 9.87. The highest BCUT2D eigenvalue weighted by Gasteiger charge is 2.21. The van der Waals surface area contributed by atoms with Crippen LogP contribution in [0.5, 0.6) is 0 Å². The second-order valence-electron chi connectivity index (χ2n) is 9.09. The third-order valence-corrected chi connectivity index (χ3v) is 7.05. The number of aromatic nitrogens is 4. The zero-order valence-electron chi connectivity index (χ0n) is 18.5. The van der Waals surface area contributed by atoms with Crippen molar-refractivity contribution in [1.29, 1.82) is 0 Å². The van der Waals surface area contributed by atoms with Gasteiger partial charge in [-0.1, -0.05) is 44.7 Å². The number of rotatable bonds is 7. The molecule has 3 aromatic rings. The van der Waals surface area contributed by atoms with Crippen molar-refractivity contribution >= 4 is 34.3 Å². The monoisotopic (exact) mass is 441 g/mol. The van der Waals surface area contributed by atoms with E-state index in [0.29, 0.717) is 28.8 Å². The first-order chi connectivity index (χ1) is 14.9. The number of carbonyl (C=O) groups is 1. The second kappa shape index (κ2) is 9.42. The van der Waals surface area contributed by atoms with Gasteiger partial charge in [0.25, 0.3) is 5.56 Å². The van der Waals surface area contributed by atoms with E-state index in [4.69, 9.17) is 0 Å². The number of nitrogens with one attached hydrogen (secondary N) is 1. The number of hydrogen-bond acceptors (Lipinski definition) is 5.